The van der Waals surface area contributed by atoms with Gasteiger partial charge in [-0.3, -0.25) is 9.59 Å². The number of carbonyl (C=O) groups excluding carboxylic acids is 2. The van der Waals surface area contributed by atoms with E-state index in [0.29, 0.717) is 0 Å². The number of hydrogen-bond donors (Lipinski definition) is 1. The van der Waals surface area contributed by atoms with E-state index in [1.165, 1.54) is 0 Å². The third kappa shape index (κ3) is 3.71. The molecule has 5 nitrogen and oxygen atoms in total. The van der Waals surface area contributed by atoms with E-state index in [-0.39, 0.29) is 36.0 Å². The lowest BCUT2D eigenvalue weighted by Gasteiger charge is -2.43. The van der Waals surface area contributed by atoms with Gasteiger partial charge in [0.15, 0.2) is 6.10 Å². The molecule has 0 radical (unpaired) electrons. The van der Waals surface area contributed by atoms with E-state index < -0.39 is 6.10 Å². The van der Waals surface area contributed by atoms with Gasteiger partial charge in [-0.1, -0.05) is 43.7 Å². The van der Waals surface area contributed by atoms with Crippen LogP contribution in [-0.4, -0.2) is 41.0 Å². The van der Waals surface area contributed by atoms with Gasteiger partial charge in [0, 0.05) is 11.6 Å². The monoisotopic (exact) mass is 344 g/mol. The lowest BCUT2D eigenvalue weighted by molar-refractivity contribution is -0.167. The lowest BCUT2D eigenvalue weighted by Crippen LogP contribution is -2.57. The number of hydrogen-bond acceptors (Lipinski definition) is 3. The van der Waals surface area contributed by atoms with Gasteiger partial charge in [-0.2, -0.15) is 0 Å². The molecule has 0 bridgehead atoms. The molecule has 1 aromatic carbocycles. The molecule has 3 rings (SSSR count). The topological polar surface area (TPSA) is 58.6 Å². The maximum atomic E-state index is 13.0. The van der Waals surface area contributed by atoms with Crippen molar-refractivity contribution in [2.75, 3.05) is 6.61 Å². The Balaban J connectivity index is 1.87. The quantitative estimate of drug-likeness (QED) is 0.863. The highest BCUT2D eigenvalue weighted by Crippen LogP contribution is 2.40. The van der Waals surface area contributed by atoms with Crippen LogP contribution in [0.4, 0.5) is 0 Å². The van der Waals surface area contributed by atoms with Crippen molar-refractivity contribution in [1.82, 2.24) is 10.2 Å². The summed E-state index contributed by atoms with van der Waals surface area (Å²) in [4.78, 5) is 27.3. The summed E-state index contributed by atoms with van der Waals surface area (Å²) in [5.74, 6) is -0.166. The van der Waals surface area contributed by atoms with Crippen molar-refractivity contribution in [1.29, 1.82) is 0 Å². The molecule has 1 saturated heterocycles. The number of morpholine rings is 1. The van der Waals surface area contributed by atoms with Crippen molar-refractivity contribution in [3.8, 4) is 0 Å². The molecular formula is C20H28N2O3. The highest BCUT2D eigenvalue weighted by atomic mass is 16.5. The van der Waals surface area contributed by atoms with E-state index in [1.54, 1.807) is 4.90 Å². The Kier molecular flexibility index (Phi) is 5.13. The van der Waals surface area contributed by atoms with Gasteiger partial charge in [-0.05, 0) is 38.7 Å². The van der Waals surface area contributed by atoms with Crippen LogP contribution in [0.25, 0.3) is 0 Å². The molecule has 136 valence electrons. The van der Waals surface area contributed by atoms with E-state index >= 15 is 0 Å². The van der Waals surface area contributed by atoms with Gasteiger partial charge in [0.05, 0.1) is 6.04 Å². The van der Waals surface area contributed by atoms with Gasteiger partial charge in [0.2, 0.25) is 5.91 Å². The van der Waals surface area contributed by atoms with E-state index in [1.807, 2.05) is 44.2 Å². The molecule has 1 N–H and O–H groups in total. The van der Waals surface area contributed by atoms with Crippen LogP contribution in [0.3, 0.4) is 0 Å². The van der Waals surface area contributed by atoms with Gasteiger partial charge in [0.25, 0.3) is 5.91 Å². The predicted molar refractivity (Wildman–Crippen MR) is 95.9 cm³/mol. The minimum absolute atomic E-state index is 0.00225. The van der Waals surface area contributed by atoms with Gasteiger partial charge in [0.1, 0.15) is 6.61 Å². The van der Waals surface area contributed by atoms with Crippen LogP contribution in [0.5, 0.6) is 0 Å². The number of ether oxygens (including phenoxy) is 1. The first-order valence-electron chi connectivity index (χ1n) is 9.27. The molecule has 1 saturated carbocycles. The number of nitrogens with one attached hydrogen (secondary N) is 1. The van der Waals surface area contributed by atoms with Crippen LogP contribution in [0.15, 0.2) is 30.3 Å². The molecule has 2 unspecified atom stereocenters. The highest BCUT2D eigenvalue weighted by Gasteiger charge is 2.48. The van der Waals surface area contributed by atoms with E-state index in [9.17, 15) is 9.59 Å². The zero-order valence-corrected chi connectivity index (χ0v) is 15.3. The molecule has 2 atom stereocenters. The zero-order chi connectivity index (χ0) is 18.0. The molecule has 5 heteroatoms. The molecule has 1 heterocycles. The van der Waals surface area contributed by atoms with Gasteiger partial charge < -0.3 is 15.0 Å². The summed E-state index contributed by atoms with van der Waals surface area (Å²) < 4.78 is 5.75. The molecule has 1 aromatic rings. The van der Waals surface area contributed by atoms with Gasteiger partial charge >= 0.3 is 0 Å². The fraction of sp³-hybridized carbons (Fsp3) is 0.600. The Morgan fingerprint density at radius 2 is 2.00 bits per heavy atom. The largest absolute Gasteiger partial charge is 0.356 e. The van der Waals surface area contributed by atoms with Crippen LogP contribution in [0.1, 0.15) is 58.1 Å². The van der Waals surface area contributed by atoms with Crippen molar-refractivity contribution in [3.05, 3.63) is 35.9 Å². The Morgan fingerprint density at radius 3 is 2.56 bits per heavy atom. The summed E-state index contributed by atoms with van der Waals surface area (Å²) in [7, 11) is 0. The fourth-order valence-electron chi connectivity index (χ4n) is 3.84. The van der Waals surface area contributed by atoms with E-state index in [0.717, 1.165) is 31.2 Å². The number of rotatable bonds is 6. The first kappa shape index (κ1) is 17.9. The molecule has 25 heavy (non-hydrogen) atoms. The molecule has 0 aromatic heterocycles. The minimum Gasteiger partial charge on any atom is -0.356 e. The average molecular weight is 344 g/mol. The van der Waals surface area contributed by atoms with Gasteiger partial charge in [-0.15, -0.1) is 0 Å². The van der Waals surface area contributed by atoms with Crippen molar-refractivity contribution in [2.45, 2.75) is 70.2 Å². The Hall–Kier alpha value is -1.88. The number of nitrogens with zero attached hydrogens (tertiary/aromatic N) is 1. The molecule has 0 spiro atoms. The standard InChI is InChI=1S/C20H28N2O3/c1-4-10-20(11-12-20)21-19(24)18-17(15-8-6-5-7-9-15)22(14(2)3)16(23)13-25-18/h5-9,14,17-18H,4,10-13H2,1-3H3,(H,21,24). The van der Waals surface area contributed by atoms with Crippen LogP contribution in [0.2, 0.25) is 0 Å². The lowest BCUT2D eigenvalue weighted by atomic mass is 9.95. The SMILES string of the molecule is CCCC1(NC(=O)C2OCC(=O)N(C(C)C)C2c2ccccc2)CC1. The van der Waals surface area contributed by atoms with Crippen molar-refractivity contribution in [3.63, 3.8) is 0 Å². The van der Waals surface area contributed by atoms with Crippen LogP contribution in [-0.2, 0) is 14.3 Å². The number of amides is 2. The maximum absolute atomic E-state index is 13.0. The maximum Gasteiger partial charge on any atom is 0.252 e. The molecular weight excluding hydrogens is 316 g/mol. The third-order valence-electron chi connectivity index (χ3n) is 5.19. The molecule has 2 fully saturated rings. The Morgan fingerprint density at radius 1 is 1.32 bits per heavy atom. The first-order chi connectivity index (χ1) is 12.0. The summed E-state index contributed by atoms with van der Waals surface area (Å²) in [6.45, 7) is 6.05. The summed E-state index contributed by atoms with van der Waals surface area (Å²) in [5, 5.41) is 3.21. The molecule has 2 aliphatic rings. The zero-order valence-electron chi connectivity index (χ0n) is 15.3. The number of carbonyl (C=O) groups is 2. The second kappa shape index (κ2) is 7.16. The normalized spacial score (nSPS) is 25.1. The molecule has 2 amide bonds. The summed E-state index contributed by atoms with van der Waals surface area (Å²) in [6, 6.07) is 9.33. The Labute approximate surface area is 149 Å². The minimum atomic E-state index is -0.670. The first-order valence-corrected chi connectivity index (χ1v) is 9.27. The second-order valence-electron chi connectivity index (χ2n) is 7.50. The second-order valence-corrected chi connectivity index (χ2v) is 7.50. The van der Waals surface area contributed by atoms with E-state index in [4.69, 9.17) is 4.74 Å². The molecule has 1 aliphatic carbocycles. The predicted octanol–water partition coefficient (Wildman–Crippen LogP) is 2.81. The average Bonchev–Trinajstić information content (AvgIpc) is 3.34. The smallest absolute Gasteiger partial charge is 0.252 e. The van der Waals surface area contributed by atoms with E-state index in [2.05, 4.69) is 12.2 Å². The molecule has 1 aliphatic heterocycles. The van der Waals surface area contributed by atoms with Crippen molar-refractivity contribution < 1.29 is 14.3 Å². The van der Waals surface area contributed by atoms with Crippen molar-refractivity contribution in [2.24, 2.45) is 0 Å². The Bertz CT molecular complexity index is 625. The van der Waals surface area contributed by atoms with Crippen LogP contribution < -0.4 is 5.32 Å². The fourth-order valence-corrected chi connectivity index (χ4v) is 3.84. The number of benzene rings is 1. The highest BCUT2D eigenvalue weighted by molar-refractivity contribution is 5.87. The van der Waals surface area contributed by atoms with Gasteiger partial charge in [-0.25, -0.2) is 0 Å². The summed E-state index contributed by atoms with van der Waals surface area (Å²) >= 11 is 0. The summed E-state index contributed by atoms with van der Waals surface area (Å²) in [5.41, 5.74) is 0.880. The third-order valence-corrected chi connectivity index (χ3v) is 5.19. The van der Waals surface area contributed by atoms with Crippen LogP contribution in [0, 0.1) is 0 Å². The van der Waals surface area contributed by atoms with Crippen molar-refractivity contribution >= 4 is 11.8 Å². The summed E-state index contributed by atoms with van der Waals surface area (Å²) in [6.07, 6.45) is 3.43. The van der Waals surface area contributed by atoms with Crippen LogP contribution >= 0.6 is 0 Å².